The summed E-state index contributed by atoms with van der Waals surface area (Å²) in [4.78, 5) is 26.2. The van der Waals surface area contributed by atoms with E-state index in [0.29, 0.717) is 30.5 Å². The van der Waals surface area contributed by atoms with Gasteiger partial charge in [0.2, 0.25) is 11.8 Å². The number of hydrogen-bond acceptors (Lipinski definition) is 6. The zero-order valence-corrected chi connectivity index (χ0v) is 15.7. The molecule has 26 heavy (non-hydrogen) atoms. The van der Waals surface area contributed by atoms with Gasteiger partial charge in [-0.25, -0.2) is 4.98 Å². The van der Waals surface area contributed by atoms with E-state index in [1.165, 1.54) is 17.3 Å². The van der Waals surface area contributed by atoms with Gasteiger partial charge in [-0.05, 0) is 37.5 Å². The summed E-state index contributed by atoms with van der Waals surface area (Å²) < 4.78 is 5.24. The van der Waals surface area contributed by atoms with Crippen LogP contribution in [-0.4, -0.2) is 50.3 Å². The molecule has 8 heteroatoms. The molecule has 1 amide bonds. The van der Waals surface area contributed by atoms with E-state index in [4.69, 9.17) is 4.52 Å². The molecule has 1 aliphatic rings. The zero-order chi connectivity index (χ0) is 18.1. The van der Waals surface area contributed by atoms with Gasteiger partial charge in [-0.2, -0.15) is 4.98 Å². The molecule has 1 N–H and O–H groups in total. The van der Waals surface area contributed by atoms with Crippen LogP contribution in [0.1, 0.15) is 36.0 Å². The largest absolute Gasteiger partial charge is 0.345 e. The topological polar surface area (TPSA) is 87.9 Å². The number of H-pyrrole nitrogens is 1. The fourth-order valence-corrected chi connectivity index (χ4v) is 3.49. The molecule has 0 radical (unpaired) electrons. The van der Waals surface area contributed by atoms with Crippen LogP contribution in [0.4, 0.5) is 0 Å². The SMILES string of the molecule is Cc1ccc2nc(SCC(=O)N(C)CCc3noc(C4CC4)n3)[nH]c2c1. The number of aromatic amines is 1. The molecule has 0 unspecified atom stereocenters. The fraction of sp³-hybridized carbons (Fsp3) is 0.444. The number of fused-ring (bicyclic) bond motifs is 1. The van der Waals surface area contributed by atoms with Crippen molar-refractivity contribution in [1.82, 2.24) is 25.0 Å². The predicted molar refractivity (Wildman–Crippen MR) is 99.2 cm³/mol. The van der Waals surface area contributed by atoms with E-state index in [-0.39, 0.29) is 5.91 Å². The van der Waals surface area contributed by atoms with Crippen molar-refractivity contribution in [1.29, 1.82) is 0 Å². The summed E-state index contributed by atoms with van der Waals surface area (Å²) in [5, 5.41) is 4.75. The number of thioether (sulfide) groups is 1. The highest BCUT2D eigenvalue weighted by atomic mass is 32.2. The standard InChI is InChI=1S/C18H21N5O2S/c1-11-3-6-13-14(9-11)20-18(19-13)26-10-16(24)23(2)8-7-15-21-17(25-22-15)12-4-5-12/h3,6,9,12H,4-5,7-8,10H2,1-2H3,(H,19,20). The molecule has 0 saturated heterocycles. The Kier molecular flexibility index (Phi) is 4.67. The second kappa shape index (κ2) is 7.11. The van der Waals surface area contributed by atoms with Crippen molar-refractivity contribution in [3.8, 4) is 0 Å². The van der Waals surface area contributed by atoms with Crippen molar-refractivity contribution in [3.05, 3.63) is 35.5 Å². The minimum Gasteiger partial charge on any atom is -0.345 e. The summed E-state index contributed by atoms with van der Waals surface area (Å²) in [6, 6.07) is 6.07. The Morgan fingerprint density at radius 1 is 1.38 bits per heavy atom. The lowest BCUT2D eigenvalue weighted by Crippen LogP contribution is -2.30. The van der Waals surface area contributed by atoms with Crippen molar-refractivity contribution in [2.24, 2.45) is 0 Å². The molecule has 0 atom stereocenters. The summed E-state index contributed by atoms with van der Waals surface area (Å²) in [5.74, 6) is 2.27. The second-order valence-corrected chi connectivity index (χ2v) is 7.70. The molecule has 1 saturated carbocycles. The maximum Gasteiger partial charge on any atom is 0.232 e. The first kappa shape index (κ1) is 17.1. The molecule has 4 rings (SSSR count). The van der Waals surface area contributed by atoms with Gasteiger partial charge in [-0.15, -0.1) is 0 Å². The summed E-state index contributed by atoms with van der Waals surface area (Å²) in [6.45, 7) is 2.62. The Labute approximate surface area is 155 Å². The molecule has 3 aromatic rings. The first-order valence-corrected chi connectivity index (χ1v) is 9.72. The molecular weight excluding hydrogens is 350 g/mol. The Hall–Kier alpha value is -2.35. The second-order valence-electron chi connectivity index (χ2n) is 6.74. The normalized spacial score (nSPS) is 14.1. The maximum atomic E-state index is 12.3. The van der Waals surface area contributed by atoms with Crippen molar-refractivity contribution >= 4 is 28.7 Å². The number of carbonyl (C=O) groups is 1. The van der Waals surface area contributed by atoms with Crippen molar-refractivity contribution < 1.29 is 9.32 Å². The Bertz CT molecular complexity index is 931. The van der Waals surface area contributed by atoms with Gasteiger partial charge >= 0.3 is 0 Å². The first-order chi connectivity index (χ1) is 12.6. The van der Waals surface area contributed by atoms with Crippen molar-refractivity contribution in [2.45, 2.75) is 37.3 Å². The van der Waals surface area contributed by atoms with Gasteiger partial charge in [0.25, 0.3) is 0 Å². The molecule has 0 aliphatic heterocycles. The molecule has 2 heterocycles. The summed E-state index contributed by atoms with van der Waals surface area (Å²) in [5.41, 5.74) is 3.10. The van der Waals surface area contributed by atoms with Crippen LogP contribution in [0.15, 0.2) is 27.9 Å². The molecule has 7 nitrogen and oxygen atoms in total. The molecule has 136 valence electrons. The number of hydrogen-bond donors (Lipinski definition) is 1. The van der Waals surface area contributed by atoms with Crippen LogP contribution in [-0.2, 0) is 11.2 Å². The molecule has 0 spiro atoms. The van der Waals surface area contributed by atoms with E-state index in [2.05, 4.69) is 26.2 Å². The lowest BCUT2D eigenvalue weighted by Gasteiger charge is -2.15. The van der Waals surface area contributed by atoms with Crippen LogP contribution in [0.3, 0.4) is 0 Å². The number of aryl methyl sites for hydroxylation is 1. The summed E-state index contributed by atoms with van der Waals surface area (Å²) >= 11 is 1.42. The van der Waals surface area contributed by atoms with Crippen molar-refractivity contribution in [2.75, 3.05) is 19.3 Å². The third-order valence-electron chi connectivity index (χ3n) is 4.45. The molecule has 1 fully saturated rings. The monoisotopic (exact) mass is 371 g/mol. The van der Waals surface area contributed by atoms with E-state index in [1.54, 1.807) is 11.9 Å². The molecule has 0 bridgehead atoms. The van der Waals surface area contributed by atoms with Crippen molar-refractivity contribution in [3.63, 3.8) is 0 Å². The number of nitrogens with zero attached hydrogens (tertiary/aromatic N) is 4. The number of likely N-dealkylation sites (N-methyl/N-ethyl adjacent to an activating group) is 1. The van der Waals surface area contributed by atoms with E-state index in [0.717, 1.165) is 34.9 Å². The van der Waals surface area contributed by atoms with Gasteiger partial charge < -0.3 is 14.4 Å². The van der Waals surface area contributed by atoms with Gasteiger partial charge in [0.15, 0.2) is 11.0 Å². The van der Waals surface area contributed by atoms with Crippen LogP contribution in [0.2, 0.25) is 0 Å². The lowest BCUT2D eigenvalue weighted by molar-refractivity contribution is -0.127. The van der Waals surface area contributed by atoms with E-state index >= 15 is 0 Å². The molecule has 1 aliphatic carbocycles. The average molecular weight is 371 g/mol. The number of benzene rings is 1. The van der Waals surface area contributed by atoms with Gasteiger partial charge in [0, 0.05) is 25.9 Å². The maximum absolute atomic E-state index is 12.3. The minimum atomic E-state index is 0.0533. The van der Waals surface area contributed by atoms with Crippen LogP contribution in [0.25, 0.3) is 11.0 Å². The smallest absolute Gasteiger partial charge is 0.232 e. The molecule has 2 aromatic heterocycles. The number of imidazole rings is 1. The van der Waals surface area contributed by atoms with Crippen LogP contribution >= 0.6 is 11.8 Å². The summed E-state index contributed by atoms with van der Waals surface area (Å²) in [6.07, 6.45) is 2.88. The molecule has 1 aromatic carbocycles. The minimum absolute atomic E-state index is 0.0533. The Morgan fingerprint density at radius 2 is 2.23 bits per heavy atom. The number of nitrogens with one attached hydrogen (secondary N) is 1. The van der Waals surface area contributed by atoms with Gasteiger partial charge in [-0.3, -0.25) is 4.79 Å². The average Bonchev–Trinajstić information content (AvgIpc) is 3.23. The highest BCUT2D eigenvalue weighted by Crippen LogP contribution is 2.38. The lowest BCUT2D eigenvalue weighted by atomic mass is 10.2. The van der Waals surface area contributed by atoms with Crippen LogP contribution < -0.4 is 0 Å². The zero-order valence-electron chi connectivity index (χ0n) is 14.9. The first-order valence-electron chi connectivity index (χ1n) is 8.74. The van der Waals surface area contributed by atoms with Crippen LogP contribution in [0, 0.1) is 6.92 Å². The van der Waals surface area contributed by atoms with Gasteiger partial charge in [-0.1, -0.05) is 23.0 Å². The molecular formula is C18H21N5O2S. The van der Waals surface area contributed by atoms with E-state index < -0.39 is 0 Å². The number of aromatic nitrogens is 4. The Morgan fingerprint density at radius 3 is 3.04 bits per heavy atom. The fourth-order valence-electron chi connectivity index (χ4n) is 2.67. The predicted octanol–water partition coefficient (Wildman–Crippen LogP) is 2.92. The Balaban J connectivity index is 1.27. The van der Waals surface area contributed by atoms with Crippen LogP contribution in [0.5, 0.6) is 0 Å². The van der Waals surface area contributed by atoms with E-state index in [9.17, 15) is 4.79 Å². The number of rotatable bonds is 7. The number of carbonyl (C=O) groups excluding carboxylic acids is 1. The highest BCUT2D eigenvalue weighted by Gasteiger charge is 2.29. The third-order valence-corrected chi connectivity index (χ3v) is 5.31. The number of amides is 1. The van der Waals surface area contributed by atoms with Gasteiger partial charge in [0.05, 0.1) is 16.8 Å². The van der Waals surface area contributed by atoms with Gasteiger partial charge in [0.1, 0.15) is 0 Å². The highest BCUT2D eigenvalue weighted by molar-refractivity contribution is 7.99. The quantitative estimate of drug-likeness (QED) is 0.643. The third kappa shape index (κ3) is 3.90. The summed E-state index contributed by atoms with van der Waals surface area (Å²) in [7, 11) is 1.80. The van der Waals surface area contributed by atoms with E-state index in [1.807, 2.05) is 19.1 Å².